The highest BCUT2D eigenvalue weighted by Crippen LogP contribution is 2.09. The predicted molar refractivity (Wildman–Crippen MR) is 46.2 cm³/mol. The van der Waals surface area contributed by atoms with Crippen molar-refractivity contribution in [3.63, 3.8) is 0 Å². The van der Waals surface area contributed by atoms with Gasteiger partial charge in [-0.25, -0.2) is 4.98 Å². The van der Waals surface area contributed by atoms with Gasteiger partial charge in [-0.1, -0.05) is 0 Å². The number of hydrogen-bond donors (Lipinski definition) is 3. The van der Waals surface area contributed by atoms with Gasteiger partial charge in [0, 0.05) is 18.1 Å². The maximum absolute atomic E-state index is 8.97. The molecule has 0 saturated heterocycles. The van der Waals surface area contributed by atoms with Crippen LogP contribution in [0.5, 0.6) is 0 Å². The number of hydrogen-bond acceptors (Lipinski definition) is 6. The van der Waals surface area contributed by atoms with Gasteiger partial charge in [0.15, 0.2) is 0 Å². The Hall–Kier alpha value is -0.720. The van der Waals surface area contributed by atoms with Crippen LogP contribution in [0.1, 0.15) is 5.82 Å². The predicted octanol–water partition coefficient (Wildman–Crippen LogP) is -0.388. The van der Waals surface area contributed by atoms with E-state index in [0.717, 1.165) is 0 Å². The molecule has 5 nitrogen and oxygen atoms in total. The van der Waals surface area contributed by atoms with E-state index in [1.54, 1.807) is 6.92 Å². The summed E-state index contributed by atoms with van der Waals surface area (Å²) in [4.78, 5) is 4.02. The van der Waals surface area contributed by atoms with E-state index in [4.69, 9.17) is 10.2 Å². The molecule has 0 aliphatic rings. The van der Waals surface area contributed by atoms with Gasteiger partial charge in [0.05, 0.1) is 12.7 Å². The minimum Gasteiger partial charge on any atom is -0.394 e. The first-order valence-electron chi connectivity index (χ1n) is 3.55. The van der Waals surface area contributed by atoms with Gasteiger partial charge in [-0.2, -0.15) is 4.37 Å². The first-order chi connectivity index (χ1) is 5.72. The molecule has 0 radical (unpaired) electrons. The second-order valence-corrected chi connectivity index (χ2v) is 3.12. The van der Waals surface area contributed by atoms with Crippen molar-refractivity contribution in [3.8, 4) is 0 Å². The van der Waals surface area contributed by atoms with Crippen LogP contribution in [0.3, 0.4) is 0 Å². The highest BCUT2D eigenvalue weighted by Gasteiger charge is 2.03. The first kappa shape index (κ1) is 9.37. The zero-order valence-corrected chi connectivity index (χ0v) is 7.51. The Labute approximate surface area is 74.3 Å². The summed E-state index contributed by atoms with van der Waals surface area (Å²) < 4.78 is 3.94. The van der Waals surface area contributed by atoms with E-state index >= 15 is 0 Å². The van der Waals surface area contributed by atoms with Crippen LogP contribution < -0.4 is 5.32 Å². The van der Waals surface area contributed by atoms with Crippen molar-refractivity contribution in [2.75, 3.05) is 18.5 Å². The highest BCUT2D eigenvalue weighted by atomic mass is 32.1. The average Bonchev–Trinajstić information content (AvgIpc) is 2.47. The van der Waals surface area contributed by atoms with Gasteiger partial charge in [0.1, 0.15) is 5.82 Å². The van der Waals surface area contributed by atoms with Crippen molar-refractivity contribution < 1.29 is 10.2 Å². The molecule has 0 aliphatic carbocycles. The molecule has 12 heavy (non-hydrogen) atoms. The Morgan fingerprint density at radius 1 is 1.67 bits per heavy atom. The van der Waals surface area contributed by atoms with Crippen molar-refractivity contribution in [1.29, 1.82) is 0 Å². The number of aromatic nitrogens is 2. The summed E-state index contributed by atoms with van der Waals surface area (Å²) in [7, 11) is 0. The summed E-state index contributed by atoms with van der Waals surface area (Å²) in [5.74, 6) is 0.709. The van der Waals surface area contributed by atoms with E-state index in [0.29, 0.717) is 17.5 Å². The molecule has 0 aliphatic heterocycles. The molecule has 0 fully saturated rings. The molecule has 1 unspecified atom stereocenters. The molecular weight excluding hydrogens is 178 g/mol. The lowest BCUT2D eigenvalue weighted by Crippen LogP contribution is -2.22. The van der Waals surface area contributed by atoms with Crippen molar-refractivity contribution in [1.82, 2.24) is 9.36 Å². The molecule has 0 bridgehead atoms. The molecule has 0 aromatic carbocycles. The van der Waals surface area contributed by atoms with Crippen molar-refractivity contribution in [2.45, 2.75) is 13.0 Å². The SMILES string of the molecule is Cc1nsc(NCC(O)CO)n1. The summed E-state index contributed by atoms with van der Waals surface area (Å²) >= 11 is 1.24. The maximum Gasteiger partial charge on any atom is 0.202 e. The van der Waals surface area contributed by atoms with Gasteiger partial charge in [-0.05, 0) is 6.92 Å². The van der Waals surface area contributed by atoms with E-state index in [9.17, 15) is 0 Å². The molecule has 0 spiro atoms. The molecule has 6 heteroatoms. The van der Waals surface area contributed by atoms with Gasteiger partial charge in [-0.3, -0.25) is 0 Å². The van der Waals surface area contributed by atoms with Crippen molar-refractivity contribution >= 4 is 16.7 Å². The number of nitrogens with zero attached hydrogens (tertiary/aromatic N) is 2. The number of anilines is 1. The molecule has 1 aromatic heterocycles. The number of aliphatic hydroxyl groups is 2. The van der Waals surface area contributed by atoms with Crippen LogP contribution in [-0.4, -0.2) is 38.8 Å². The number of aliphatic hydroxyl groups excluding tert-OH is 2. The molecule has 1 rings (SSSR count). The number of rotatable bonds is 4. The Balaban J connectivity index is 2.33. The van der Waals surface area contributed by atoms with Crippen LogP contribution in [0.2, 0.25) is 0 Å². The Bertz CT molecular complexity index is 240. The number of aryl methyl sites for hydroxylation is 1. The van der Waals surface area contributed by atoms with Crippen LogP contribution in [-0.2, 0) is 0 Å². The normalized spacial score (nSPS) is 12.9. The van der Waals surface area contributed by atoms with E-state index < -0.39 is 6.10 Å². The fraction of sp³-hybridized carbons (Fsp3) is 0.667. The third-order valence-electron chi connectivity index (χ3n) is 1.23. The van der Waals surface area contributed by atoms with Gasteiger partial charge < -0.3 is 15.5 Å². The second-order valence-electron chi connectivity index (χ2n) is 2.36. The third kappa shape index (κ3) is 2.72. The molecule has 1 aromatic rings. The van der Waals surface area contributed by atoms with E-state index in [2.05, 4.69) is 14.7 Å². The Morgan fingerprint density at radius 3 is 2.92 bits per heavy atom. The lowest BCUT2D eigenvalue weighted by atomic mass is 10.4. The Kier molecular flexibility index (Phi) is 3.39. The zero-order valence-electron chi connectivity index (χ0n) is 6.69. The summed E-state index contributed by atoms with van der Waals surface area (Å²) in [6, 6.07) is 0. The molecule has 1 atom stereocenters. The van der Waals surface area contributed by atoms with Gasteiger partial charge in [0.25, 0.3) is 0 Å². The summed E-state index contributed by atoms with van der Waals surface area (Å²) in [6.45, 7) is 1.85. The lowest BCUT2D eigenvalue weighted by molar-refractivity contribution is 0.105. The van der Waals surface area contributed by atoms with Crippen LogP contribution in [0.15, 0.2) is 0 Å². The quantitative estimate of drug-likeness (QED) is 0.601. The second kappa shape index (κ2) is 4.34. The maximum atomic E-state index is 8.97. The largest absolute Gasteiger partial charge is 0.394 e. The molecular formula is C6H11N3O2S. The fourth-order valence-electron chi connectivity index (χ4n) is 0.639. The van der Waals surface area contributed by atoms with Crippen LogP contribution >= 0.6 is 11.5 Å². The Morgan fingerprint density at radius 2 is 2.42 bits per heavy atom. The first-order valence-corrected chi connectivity index (χ1v) is 4.33. The molecule has 68 valence electrons. The highest BCUT2D eigenvalue weighted by molar-refractivity contribution is 7.09. The van der Waals surface area contributed by atoms with E-state index in [-0.39, 0.29) is 6.61 Å². The zero-order chi connectivity index (χ0) is 8.97. The number of nitrogens with one attached hydrogen (secondary N) is 1. The van der Waals surface area contributed by atoms with Crippen molar-refractivity contribution in [2.24, 2.45) is 0 Å². The molecule has 3 N–H and O–H groups in total. The standard InChI is InChI=1S/C6H11N3O2S/c1-4-8-6(12-9-4)7-2-5(11)3-10/h5,10-11H,2-3H2,1H3,(H,7,8,9). The monoisotopic (exact) mass is 189 g/mol. The summed E-state index contributed by atoms with van der Waals surface area (Å²) in [6.07, 6.45) is -0.741. The topological polar surface area (TPSA) is 78.3 Å². The third-order valence-corrected chi connectivity index (χ3v) is 1.99. The van der Waals surface area contributed by atoms with E-state index in [1.165, 1.54) is 11.5 Å². The van der Waals surface area contributed by atoms with Crippen LogP contribution in [0.25, 0.3) is 0 Å². The minimum absolute atomic E-state index is 0.245. The minimum atomic E-state index is -0.741. The van der Waals surface area contributed by atoms with Gasteiger partial charge in [-0.15, -0.1) is 0 Å². The molecule has 0 saturated carbocycles. The van der Waals surface area contributed by atoms with Crippen LogP contribution in [0, 0.1) is 6.92 Å². The summed E-state index contributed by atoms with van der Waals surface area (Å²) in [5, 5.41) is 21.0. The smallest absolute Gasteiger partial charge is 0.202 e. The van der Waals surface area contributed by atoms with E-state index in [1.807, 2.05) is 0 Å². The molecule has 0 amide bonds. The van der Waals surface area contributed by atoms with Gasteiger partial charge >= 0.3 is 0 Å². The van der Waals surface area contributed by atoms with Crippen LogP contribution in [0.4, 0.5) is 5.13 Å². The lowest BCUT2D eigenvalue weighted by Gasteiger charge is -2.05. The average molecular weight is 189 g/mol. The van der Waals surface area contributed by atoms with Crippen molar-refractivity contribution in [3.05, 3.63) is 5.82 Å². The fourth-order valence-corrected chi connectivity index (χ4v) is 1.22. The van der Waals surface area contributed by atoms with Gasteiger partial charge in [0.2, 0.25) is 5.13 Å². The summed E-state index contributed by atoms with van der Waals surface area (Å²) in [5.41, 5.74) is 0. The molecule has 1 heterocycles.